The van der Waals surface area contributed by atoms with Crippen LogP contribution in [0.15, 0.2) is 200 Å². The molecule has 0 unspecified atom stereocenters. The Balaban J connectivity index is 1.02. The number of para-hydroxylation sites is 3. The van der Waals surface area contributed by atoms with Gasteiger partial charge in [0, 0.05) is 80.8 Å². The van der Waals surface area contributed by atoms with E-state index in [1.54, 1.807) is 0 Å². The average molecular weight is 810 g/mol. The van der Waals surface area contributed by atoms with Crippen LogP contribution in [-0.2, 0) is 5.41 Å². The third kappa shape index (κ3) is 5.08. The lowest BCUT2D eigenvalue weighted by Crippen LogP contribution is -2.16. The molecule has 3 nitrogen and oxygen atoms in total. The lowest BCUT2D eigenvalue weighted by molar-refractivity contribution is 0.660. The van der Waals surface area contributed by atoms with Crippen LogP contribution in [0.1, 0.15) is 25.0 Å². The molecule has 0 saturated heterocycles. The minimum Gasteiger partial charge on any atom is -0.310 e. The van der Waals surface area contributed by atoms with Gasteiger partial charge in [-0.2, -0.15) is 0 Å². The van der Waals surface area contributed by atoms with Crippen LogP contribution >= 0.6 is 11.3 Å². The Kier molecular flexibility index (Phi) is 7.52. The van der Waals surface area contributed by atoms with E-state index in [9.17, 15) is 0 Å². The topological polar surface area (TPSA) is 21.1 Å². The monoisotopic (exact) mass is 809 g/mol. The predicted octanol–water partition coefficient (Wildman–Crippen LogP) is 16.3. The summed E-state index contributed by atoms with van der Waals surface area (Å²) in [6.07, 6.45) is 0. The van der Waals surface area contributed by atoms with Gasteiger partial charge in [-0.05, 0) is 89.0 Å². The predicted molar refractivity (Wildman–Crippen MR) is 264 cm³/mol. The highest BCUT2D eigenvalue weighted by Crippen LogP contribution is 2.51. The van der Waals surface area contributed by atoms with Crippen LogP contribution in [0.4, 0.5) is 17.1 Å². The van der Waals surface area contributed by atoms with Crippen molar-refractivity contribution in [2.24, 2.45) is 0 Å². The summed E-state index contributed by atoms with van der Waals surface area (Å²) in [4.78, 5) is 7.81. The van der Waals surface area contributed by atoms with Gasteiger partial charge in [-0.15, -0.1) is 11.3 Å². The van der Waals surface area contributed by atoms with Gasteiger partial charge in [0.1, 0.15) is 0 Å². The normalized spacial score (nSPS) is 13.1. The molecule has 13 rings (SSSR count). The van der Waals surface area contributed by atoms with Crippen molar-refractivity contribution < 1.29 is 0 Å². The second-order valence-corrected chi connectivity index (χ2v) is 18.2. The molecule has 0 radical (unpaired) electrons. The summed E-state index contributed by atoms with van der Waals surface area (Å²) < 4.78 is 5.03. The van der Waals surface area contributed by atoms with E-state index in [-0.39, 0.29) is 5.41 Å². The standard InChI is InChI=1S/C58H39N3S/c1-58(2)49-20-10-6-16-41(49)42-30-28-39(34-50(42)58)60(40-29-31-44-43-17-8-12-22-52(43)61(53(44)35-40)37-14-4-3-5-15-37)38-26-24-36(25-27-38)56-48-33-32-46-45-18-9-13-23-54(45)62-57(46)55(48)47-19-7-11-21-51(47)59-56/h3-35H,1-2H3. The minimum atomic E-state index is -0.135. The van der Waals surface area contributed by atoms with E-state index in [1.165, 1.54) is 80.4 Å². The van der Waals surface area contributed by atoms with Gasteiger partial charge in [-0.25, -0.2) is 4.98 Å². The quantitative estimate of drug-likeness (QED) is 0.162. The second kappa shape index (κ2) is 13.2. The Hall–Kier alpha value is -7.53. The van der Waals surface area contributed by atoms with Gasteiger partial charge in [0.15, 0.2) is 0 Å². The second-order valence-electron chi connectivity index (χ2n) is 17.1. The largest absolute Gasteiger partial charge is 0.310 e. The summed E-state index contributed by atoms with van der Waals surface area (Å²) in [5.41, 5.74) is 15.1. The van der Waals surface area contributed by atoms with Crippen LogP contribution in [0.5, 0.6) is 0 Å². The van der Waals surface area contributed by atoms with Gasteiger partial charge < -0.3 is 9.47 Å². The molecular weight excluding hydrogens is 771 g/mol. The Morgan fingerprint density at radius 2 is 1.10 bits per heavy atom. The van der Waals surface area contributed by atoms with Crippen molar-refractivity contribution in [3.8, 4) is 28.1 Å². The molecule has 1 aliphatic carbocycles. The lowest BCUT2D eigenvalue weighted by atomic mass is 9.82. The number of benzene rings is 9. The zero-order valence-electron chi connectivity index (χ0n) is 34.3. The van der Waals surface area contributed by atoms with E-state index < -0.39 is 0 Å². The molecule has 0 N–H and O–H groups in total. The molecule has 12 aromatic rings. The summed E-state index contributed by atoms with van der Waals surface area (Å²) in [6.45, 7) is 4.72. The number of aromatic nitrogens is 2. The third-order valence-electron chi connectivity index (χ3n) is 13.4. The van der Waals surface area contributed by atoms with Gasteiger partial charge in [0.05, 0.1) is 22.2 Å². The summed E-state index contributed by atoms with van der Waals surface area (Å²) in [7, 11) is 0. The molecule has 3 heterocycles. The molecule has 0 fully saturated rings. The Bertz CT molecular complexity index is 3780. The number of fused-ring (bicyclic) bond motifs is 13. The number of pyridine rings is 1. The zero-order valence-corrected chi connectivity index (χ0v) is 35.1. The van der Waals surface area contributed by atoms with Crippen LogP contribution in [0.2, 0.25) is 0 Å². The fourth-order valence-corrected chi connectivity index (χ4v) is 11.7. The Labute approximate surface area is 363 Å². The van der Waals surface area contributed by atoms with Crippen molar-refractivity contribution >= 4 is 92.1 Å². The molecule has 0 saturated carbocycles. The number of hydrogen-bond acceptors (Lipinski definition) is 3. The van der Waals surface area contributed by atoms with Crippen molar-refractivity contribution in [3.63, 3.8) is 0 Å². The number of thiophene rings is 1. The van der Waals surface area contributed by atoms with Crippen molar-refractivity contribution in [2.75, 3.05) is 4.90 Å². The zero-order chi connectivity index (χ0) is 41.1. The molecule has 0 bridgehead atoms. The Morgan fingerprint density at radius 3 is 1.97 bits per heavy atom. The first-order valence-electron chi connectivity index (χ1n) is 21.4. The van der Waals surface area contributed by atoms with Crippen LogP contribution in [0.3, 0.4) is 0 Å². The van der Waals surface area contributed by atoms with Crippen LogP contribution in [0, 0.1) is 0 Å². The molecule has 4 heteroatoms. The maximum Gasteiger partial charge on any atom is 0.0788 e. The SMILES string of the molecule is CC1(C)c2ccccc2-c2ccc(N(c3ccc(-c4nc5ccccc5c5c4ccc4c6ccccc6sc45)cc3)c3ccc4c5ccccc5n(-c5ccccc5)c4c3)cc21. The lowest BCUT2D eigenvalue weighted by Gasteiger charge is -2.28. The van der Waals surface area contributed by atoms with Gasteiger partial charge >= 0.3 is 0 Å². The maximum atomic E-state index is 5.38. The van der Waals surface area contributed by atoms with Gasteiger partial charge in [-0.1, -0.05) is 147 Å². The highest BCUT2D eigenvalue weighted by atomic mass is 32.1. The molecular formula is C58H39N3S. The molecule has 0 spiro atoms. The fourth-order valence-electron chi connectivity index (χ4n) is 10.4. The van der Waals surface area contributed by atoms with E-state index in [4.69, 9.17) is 4.98 Å². The summed E-state index contributed by atoms with van der Waals surface area (Å²) in [5, 5.41) is 8.73. The van der Waals surface area contributed by atoms with E-state index in [0.29, 0.717) is 0 Å². The number of anilines is 3. The molecule has 0 aliphatic heterocycles. The smallest absolute Gasteiger partial charge is 0.0788 e. The van der Waals surface area contributed by atoms with Crippen LogP contribution in [-0.4, -0.2) is 9.55 Å². The molecule has 292 valence electrons. The molecule has 1 aliphatic rings. The first kappa shape index (κ1) is 35.2. The van der Waals surface area contributed by atoms with E-state index in [1.807, 2.05) is 11.3 Å². The first-order valence-corrected chi connectivity index (χ1v) is 22.2. The summed E-state index contributed by atoms with van der Waals surface area (Å²) >= 11 is 1.88. The number of nitrogens with zero attached hydrogens (tertiary/aromatic N) is 3. The highest BCUT2D eigenvalue weighted by molar-refractivity contribution is 7.26. The van der Waals surface area contributed by atoms with Crippen molar-refractivity contribution in [2.45, 2.75) is 19.3 Å². The molecule has 62 heavy (non-hydrogen) atoms. The van der Waals surface area contributed by atoms with Gasteiger partial charge in [0.25, 0.3) is 0 Å². The Morgan fingerprint density at radius 1 is 0.468 bits per heavy atom. The number of rotatable bonds is 5. The summed E-state index contributed by atoms with van der Waals surface area (Å²) in [6, 6.07) is 73.4. The molecule has 0 amide bonds. The van der Waals surface area contributed by atoms with Crippen LogP contribution < -0.4 is 4.90 Å². The summed E-state index contributed by atoms with van der Waals surface area (Å²) in [5.74, 6) is 0. The van der Waals surface area contributed by atoms with Crippen molar-refractivity contribution in [3.05, 3.63) is 211 Å². The fraction of sp³-hybridized carbons (Fsp3) is 0.0517. The van der Waals surface area contributed by atoms with E-state index >= 15 is 0 Å². The van der Waals surface area contributed by atoms with Crippen molar-refractivity contribution in [1.29, 1.82) is 0 Å². The van der Waals surface area contributed by atoms with Crippen LogP contribution in [0.25, 0.3) is 91.7 Å². The van der Waals surface area contributed by atoms with Gasteiger partial charge in [0.2, 0.25) is 0 Å². The average Bonchev–Trinajstić information content (AvgIpc) is 3.94. The molecule has 0 atom stereocenters. The highest BCUT2D eigenvalue weighted by Gasteiger charge is 2.36. The van der Waals surface area contributed by atoms with Gasteiger partial charge in [-0.3, -0.25) is 0 Å². The molecule has 3 aromatic heterocycles. The van der Waals surface area contributed by atoms with Crippen molar-refractivity contribution in [1.82, 2.24) is 9.55 Å². The molecule has 9 aromatic carbocycles. The third-order valence-corrected chi connectivity index (χ3v) is 14.6. The van der Waals surface area contributed by atoms with E-state index in [0.717, 1.165) is 39.5 Å². The minimum absolute atomic E-state index is 0.135. The first-order chi connectivity index (χ1) is 30.5. The number of hydrogen-bond donors (Lipinski definition) is 0. The maximum absolute atomic E-state index is 5.38. The van der Waals surface area contributed by atoms with E-state index in [2.05, 4.69) is 224 Å².